The average Bonchev–Trinajstić information content (AvgIpc) is 2.82. The lowest BCUT2D eigenvalue weighted by molar-refractivity contribution is 0.590. The molecule has 0 bridgehead atoms. The van der Waals surface area contributed by atoms with Gasteiger partial charge in [-0.2, -0.15) is 5.10 Å². The molecule has 3 rings (SSSR count). The van der Waals surface area contributed by atoms with Crippen LogP contribution in [0.1, 0.15) is 0 Å². The molecule has 2 aromatic heterocycles. The zero-order valence-electron chi connectivity index (χ0n) is 9.43. The van der Waals surface area contributed by atoms with Gasteiger partial charge in [-0.3, -0.25) is 9.25 Å². The van der Waals surface area contributed by atoms with Gasteiger partial charge in [-0.05, 0) is 0 Å². The van der Waals surface area contributed by atoms with Gasteiger partial charge in [0, 0.05) is 31.4 Å². The number of aromatic nitrogens is 4. The molecule has 0 aliphatic heterocycles. The van der Waals surface area contributed by atoms with Gasteiger partial charge in [0.05, 0.1) is 5.52 Å². The van der Waals surface area contributed by atoms with Crippen LogP contribution >= 0.6 is 0 Å². The molecular weight excluding hydrogens is 240 g/mol. The molecule has 0 saturated heterocycles. The van der Waals surface area contributed by atoms with E-state index in [9.17, 15) is 8.78 Å². The van der Waals surface area contributed by atoms with E-state index in [2.05, 4.69) is 10.1 Å². The van der Waals surface area contributed by atoms with Gasteiger partial charge < -0.3 is 5.73 Å². The van der Waals surface area contributed by atoms with Crippen molar-refractivity contribution in [3.8, 4) is 5.82 Å². The van der Waals surface area contributed by atoms with Gasteiger partial charge in [-0.25, -0.2) is 13.8 Å². The maximum Gasteiger partial charge on any atom is 0.207 e. The maximum atomic E-state index is 13.6. The predicted octanol–water partition coefficient (Wildman–Crippen LogP) is 1.62. The SMILES string of the molecule is Cn1ccc(-n2c(N)nc3c(F)cc(F)cc32)n1. The van der Waals surface area contributed by atoms with Gasteiger partial charge in [0.2, 0.25) is 5.95 Å². The Morgan fingerprint density at radius 2 is 2.06 bits per heavy atom. The summed E-state index contributed by atoms with van der Waals surface area (Å²) in [5.41, 5.74) is 6.01. The number of nitrogen functional groups attached to an aromatic ring is 1. The Balaban J connectivity index is 2.38. The highest BCUT2D eigenvalue weighted by Gasteiger charge is 2.16. The topological polar surface area (TPSA) is 61.7 Å². The summed E-state index contributed by atoms with van der Waals surface area (Å²) < 4.78 is 29.8. The first-order valence-electron chi connectivity index (χ1n) is 5.19. The molecule has 0 radical (unpaired) electrons. The molecule has 2 heterocycles. The van der Waals surface area contributed by atoms with E-state index in [-0.39, 0.29) is 17.0 Å². The number of rotatable bonds is 1. The van der Waals surface area contributed by atoms with Crippen molar-refractivity contribution in [3.63, 3.8) is 0 Å². The molecule has 3 aromatic rings. The number of imidazole rings is 1. The van der Waals surface area contributed by atoms with E-state index < -0.39 is 11.6 Å². The highest BCUT2D eigenvalue weighted by molar-refractivity contribution is 5.81. The number of aryl methyl sites for hydroxylation is 1. The number of hydrogen-bond donors (Lipinski definition) is 1. The molecular formula is C11H9F2N5. The van der Waals surface area contributed by atoms with Gasteiger partial charge in [-0.15, -0.1) is 0 Å². The fraction of sp³-hybridized carbons (Fsp3) is 0.0909. The molecule has 0 aliphatic carbocycles. The summed E-state index contributed by atoms with van der Waals surface area (Å²) in [6.45, 7) is 0. The molecule has 2 N–H and O–H groups in total. The minimum atomic E-state index is -0.744. The lowest BCUT2D eigenvalue weighted by Crippen LogP contribution is -2.02. The van der Waals surface area contributed by atoms with Crippen LogP contribution in [0.5, 0.6) is 0 Å². The van der Waals surface area contributed by atoms with Crippen LogP contribution in [0.3, 0.4) is 0 Å². The Labute approximate surface area is 100 Å². The second-order valence-electron chi connectivity index (χ2n) is 3.91. The van der Waals surface area contributed by atoms with Gasteiger partial charge in [0.15, 0.2) is 11.6 Å². The number of halogens is 2. The number of nitrogens with zero attached hydrogens (tertiary/aromatic N) is 4. The first-order chi connectivity index (χ1) is 8.56. The summed E-state index contributed by atoms with van der Waals surface area (Å²) in [5, 5.41) is 4.14. The van der Waals surface area contributed by atoms with Crippen LogP contribution in [-0.4, -0.2) is 19.3 Å². The lowest BCUT2D eigenvalue weighted by Gasteiger charge is -2.01. The predicted molar refractivity (Wildman–Crippen MR) is 62.2 cm³/mol. The number of anilines is 1. The van der Waals surface area contributed by atoms with Gasteiger partial charge in [-0.1, -0.05) is 0 Å². The highest BCUT2D eigenvalue weighted by atomic mass is 19.1. The van der Waals surface area contributed by atoms with E-state index in [1.165, 1.54) is 10.6 Å². The van der Waals surface area contributed by atoms with E-state index in [0.29, 0.717) is 5.82 Å². The fourth-order valence-electron chi connectivity index (χ4n) is 1.88. The normalized spacial score (nSPS) is 11.3. The molecule has 0 amide bonds. The van der Waals surface area contributed by atoms with Crippen LogP contribution in [-0.2, 0) is 7.05 Å². The molecule has 0 unspecified atom stereocenters. The molecule has 7 heteroatoms. The summed E-state index contributed by atoms with van der Waals surface area (Å²) in [6.07, 6.45) is 1.70. The third-order valence-corrected chi connectivity index (χ3v) is 2.63. The third-order valence-electron chi connectivity index (χ3n) is 2.63. The molecule has 0 fully saturated rings. The van der Waals surface area contributed by atoms with Crippen molar-refractivity contribution in [2.24, 2.45) is 7.05 Å². The molecule has 18 heavy (non-hydrogen) atoms. The van der Waals surface area contributed by atoms with Gasteiger partial charge >= 0.3 is 0 Å². The Kier molecular flexibility index (Phi) is 2.09. The fourth-order valence-corrected chi connectivity index (χ4v) is 1.88. The van der Waals surface area contributed by atoms with Crippen molar-refractivity contribution in [1.82, 2.24) is 19.3 Å². The van der Waals surface area contributed by atoms with Crippen molar-refractivity contribution in [3.05, 3.63) is 36.0 Å². The Morgan fingerprint density at radius 1 is 1.28 bits per heavy atom. The van der Waals surface area contributed by atoms with E-state index in [1.807, 2.05) is 0 Å². The van der Waals surface area contributed by atoms with Crippen LogP contribution in [0.25, 0.3) is 16.9 Å². The number of hydrogen-bond acceptors (Lipinski definition) is 3. The minimum absolute atomic E-state index is 0.0274. The van der Waals surface area contributed by atoms with Crippen molar-refractivity contribution in [2.45, 2.75) is 0 Å². The van der Waals surface area contributed by atoms with E-state index in [0.717, 1.165) is 6.07 Å². The number of fused-ring (bicyclic) bond motifs is 1. The smallest absolute Gasteiger partial charge is 0.207 e. The zero-order chi connectivity index (χ0) is 12.9. The number of benzene rings is 1. The second kappa shape index (κ2) is 3.52. The van der Waals surface area contributed by atoms with Crippen molar-refractivity contribution >= 4 is 17.0 Å². The number of nitrogens with two attached hydrogens (primary N) is 1. The lowest BCUT2D eigenvalue weighted by atomic mass is 10.3. The van der Waals surface area contributed by atoms with Crippen LogP contribution in [0.2, 0.25) is 0 Å². The Bertz CT molecular complexity index is 743. The van der Waals surface area contributed by atoms with Crippen LogP contribution in [0.4, 0.5) is 14.7 Å². The first-order valence-corrected chi connectivity index (χ1v) is 5.19. The molecule has 0 spiro atoms. The summed E-state index contributed by atoms with van der Waals surface area (Å²) in [7, 11) is 1.74. The molecule has 0 atom stereocenters. The van der Waals surface area contributed by atoms with Crippen molar-refractivity contribution in [2.75, 3.05) is 5.73 Å². The van der Waals surface area contributed by atoms with Crippen molar-refractivity contribution in [1.29, 1.82) is 0 Å². The maximum absolute atomic E-state index is 13.6. The van der Waals surface area contributed by atoms with Crippen LogP contribution < -0.4 is 5.73 Å². The molecule has 0 saturated carbocycles. The van der Waals surface area contributed by atoms with Gasteiger partial charge in [0.25, 0.3) is 0 Å². The van der Waals surface area contributed by atoms with Crippen LogP contribution in [0, 0.1) is 11.6 Å². The first kappa shape index (κ1) is 10.7. The summed E-state index contributed by atoms with van der Waals surface area (Å²) >= 11 is 0. The van der Waals surface area contributed by atoms with E-state index >= 15 is 0 Å². The molecule has 1 aromatic carbocycles. The summed E-state index contributed by atoms with van der Waals surface area (Å²) in [6, 6.07) is 3.63. The summed E-state index contributed by atoms with van der Waals surface area (Å²) in [5.74, 6) is -0.904. The Hall–Kier alpha value is -2.44. The molecule has 0 aliphatic rings. The highest BCUT2D eigenvalue weighted by Crippen LogP contribution is 2.24. The quantitative estimate of drug-likeness (QED) is 0.712. The summed E-state index contributed by atoms with van der Waals surface area (Å²) in [4.78, 5) is 3.89. The van der Waals surface area contributed by atoms with Crippen LogP contribution in [0.15, 0.2) is 24.4 Å². The molecule has 92 valence electrons. The average molecular weight is 249 g/mol. The monoisotopic (exact) mass is 249 g/mol. The minimum Gasteiger partial charge on any atom is -0.369 e. The van der Waals surface area contributed by atoms with E-state index in [1.54, 1.807) is 24.0 Å². The van der Waals surface area contributed by atoms with Crippen molar-refractivity contribution < 1.29 is 8.78 Å². The van der Waals surface area contributed by atoms with E-state index in [4.69, 9.17) is 5.73 Å². The largest absolute Gasteiger partial charge is 0.369 e. The second-order valence-corrected chi connectivity index (χ2v) is 3.91. The third kappa shape index (κ3) is 1.44. The molecule has 5 nitrogen and oxygen atoms in total. The zero-order valence-corrected chi connectivity index (χ0v) is 9.43. The standard InChI is InChI=1S/C11H9F2N5/c1-17-3-2-9(16-17)18-8-5-6(12)4-7(13)10(8)15-11(18)14/h2-5H,1H3,(H2,14,15). The van der Waals surface area contributed by atoms with Gasteiger partial charge in [0.1, 0.15) is 11.3 Å². The Morgan fingerprint density at radius 3 is 2.72 bits per heavy atom.